The maximum absolute atomic E-state index is 13.7. The van der Waals surface area contributed by atoms with E-state index in [9.17, 15) is 9.59 Å². The van der Waals surface area contributed by atoms with E-state index in [0.29, 0.717) is 23.8 Å². The molecular formula is C26H48N4O2. The van der Waals surface area contributed by atoms with Crippen LogP contribution >= 0.6 is 0 Å². The zero-order valence-electron chi connectivity index (χ0n) is 21.8. The number of nitrogens with zero attached hydrogens (tertiary/aromatic N) is 4. The molecule has 0 aromatic carbocycles. The molecule has 32 heavy (non-hydrogen) atoms. The summed E-state index contributed by atoms with van der Waals surface area (Å²) in [5.41, 5.74) is 0.469. The molecule has 1 aliphatic carbocycles. The van der Waals surface area contributed by atoms with E-state index >= 15 is 0 Å². The summed E-state index contributed by atoms with van der Waals surface area (Å²) in [5.74, 6) is 2.02. The Balaban J connectivity index is 1.64. The Morgan fingerprint density at radius 2 is 1.66 bits per heavy atom. The number of amides is 2. The molecule has 0 aromatic rings. The average Bonchev–Trinajstić information content (AvgIpc) is 2.68. The Morgan fingerprint density at radius 1 is 1.03 bits per heavy atom. The van der Waals surface area contributed by atoms with Crippen LogP contribution in [0.2, 0.25) is 0 Å². The lowest BCUT2D eigenvalue weighted by atomic mass is 9.57. The quantitative estimate of drug-likeness (QED) is 0.572. The summed E-state index contributed by atoms with van der Waals surface area (Å²) < 4.78 is 0. The number of rotatable bonds is 8. The maximum atomic E-state index is 13.7. The van der Waals surface area contributed by atoms with E-state index in [1.54, 1.807) is 0 Å². The van der Waals surface area contributed by atoms with Crippen LogP contribution in [0.4, 0.5) is 0 Å². The summed E-state index contributed by atoms with van der Waals surface area (Å²) in [6, 6.07) is -0.401. The predicted molar refractivity (Wildman–Crippen MR) is 130 cm³/mol. The van der Waals surface area contributed by atoms with Gasteiger partial charge in [-0.3, -0.25) is 14.5 Å². The first kappa shape index (κ1) is 25.5. The van der Waals surface area contributed by atoms with E-state index < -0.39 is 0 Å². The van der Waals surface area contributed by atoms with Gasteiger partial charge in [-0.1, -0.05) is 27.7 Å². The molecule has 3 fully saturated rings. The van der Waals surface area contributed by atoms with Crippen molar-refractivity contribution in [1.82, 2.24) is 19.6 Å². The van der Waals surface area contributed by atoms with Gasteiger partial charge >= 0.3 is 0 Å². The second-order valence-electron chi connectivity index (χ2n) is 12.2. The van der Waals surface area contributed by atoms with Gasteiger partial charge < -0.3 is 14.7 Å². The van der Waals surface area contributed by atoms with Crippen molar-refractivity contribution in [2.45, 2.75) is 78.3 Å². The van der Waals surface area contributed by atoms with Crippen molar-refractivity contribution in [3.8, 4) is 0 Å². The Morgan fingerprint density at radius 3 is 2.19 bits per heavy atom. The van der Waals surface area contributed by atoms with Gasteiger partial charge in [-0.15, -0.1) is 0 Å². The van der Waals surface area contributed by atoms with Crippen LogP contribution in [0.1, 0.15) is 66.2 Å². The fourth-order valence-corrected chi connectivity index (χ4v) is 6.39. The summed E-state index contributed by atoms with van der Waals surface area (Å²) in [5, 5.41) is 0. The maximum Gasteiger partial charge on any atom is 0.245 e. The molecule has 6 nitrogen and oxygen atoms in total. The third-order valence-corrected chi connectivity index (χ3v) is 8.05. The van der Waals surface area contributed by atoms with Crippen LogP contribution in [-0.4, -0.2) is 97.4 Å². The topological polar surface area (TPSA) is 47.1 Å². The molecule has 2 amide bonds. The molecule has 1 spiro atoms. The molecule has 3 aliphatic rings. The molecule has 184 valence electrons. The highest BCUT2D eigenvalue weighted by atomic mass is 16.2. The summed E-state index contributed by atoms with van der Waals surface area (Å²) in [6.07, 6.45) is 6.50. The van der Waals surface area contributed by atoms with Gasteiger partial charge in [-0.05, 0) is 82.8 Å². The SMILES string of the molecule is CC(C)C[C@H]1C(=O)N([C@@H](CC(C)C)C(=O)N2CCC3(CC2)CC(CN(C)C)C3)CCN1C. The van der Waals surface area contributed by atoms with Gasteiger partial charge in [0.15, 0.2) is 0 Å². The van der Waals surface area contributed by atoms with Crippen molar-refractivity contribution in [2.75, 3.05) is 53.9 Å². The van der Waals surface area contributed by atoms with Crippen LogP contribution in [0.15, 0.2) is 0 Å². The van der Waals surface area contributed by atoms with Crippen LogP contribution in [0.25, 0.3) is 0 Å². The molecule has 2 heterocycles. The molecule has 0 radical (unpaired) electrons. The standard InChI is InChI=1S/C26H48N4O2/c1-19(2)14-22-25(32)30(13-12-28(22)7)23(15-20(3)4)24(31)29-10-8-26(9-11-29)16-21(17-26)18-27(5)6/h19-23H,8-18H2,1-7H3/t22-,23-/m0/s1. The Kier molecular flexibility index (Phi) is 8.30. The van der Waals surface area contributed by atoms with Crippen LogP contribution in [0, 0.1) is 23.2 Å². The van der Waals surface area contributed by atoms with Gasteiger partial charge in [0.1, 0.15) is 6.04 Å². The fraction of sp³-hybridized carbons (Fsp3) is 0.923. The van der Waals surface area contributed by atoms with E-state index in [2.05, 4.69) is 56.5 Å². The number of carbonyl (C=O) groups excluding carboxylic acids is 2. The number of piperidine rings is 1. The van der Waals surface area contributed by atoms with Gasteiger partial charge in [0, 0.05) is 32.7 Å². The lowest BCUT2D eigenvalue weighted by Crippen LogP contribution is -2.62. The summed E-state index contributed by atoms with van der Waals surface area (Å²) in [6.45, 7) is 13.1. The first-order chi connectivity index (χ1) is 15.0. The number of hydrogen-bond donors (Lipinski definition) is 0. The van der Waals surface area contributed by atoms with Gasteiger partial charge in [0.25, 0.3) is 0 Å². The predicted octanol–water partition coefficient (Wildman–Crippen LogP) is 3.17. The van der Waals surface area contributed by atoms with Crippen molar-refractivity contribution in [1.29, 1.82) is 0 Å². The number of likely N-dealkylation sites (tertiary alicyclic amines) is 1. The summed E-state index contributed by atoms with van der Waals surface area (Å²) >= 11 is 0. The highest BCUT2D eigenvalue weighted by Crippen LogP contribution is 2.52. The molecule has 0 N–H and O–H groups in total. The zero-order valence-corrected chi connectivity index (χ0v) is 21.8. The summed E-state index contributed by atoms with van der Waals surface area (Å²) in [4.78, 5) is 35.7. The van der Waals surface area contributed by atoms with E-state index in [1.165, 1.54) is 19.4 Å². The van der Waals surface area contributed by atoms with Crippen molar-refractivity contribution < 1.29 is 9.59 Å². The largest absolute Gasteiger partial charge is 0.341 e. The number of piperazine rings is 1. The molecule has 3 rings (SSSR count). The smallest absolute Gasteiger partial charge is 0.245 e. The second kappa shape index (κ2) is 10.4. The minimum absolute atomic E-state index is 0.0977. The highest BCUT2D eigenvalue weighted by molar-refractivity contribution is 5.90. The normalized spacial score (nSPS) is 25.8. The molecule has 2 aliphatic heterocycles. The van der Waals surface area contributed by atoms with Gasteiger partial charge in [-0.2, -0.15) is 0 Å². The average molecular weight is 449 g/mol. The number of hydrogen-bond acceptors (Lipinski definition) is 4. The van der Waals surface area contributed by atoms with Crippen molar-refractivity contribution in [3.05, 3.63) is 0 Å². The number of carbonyl (C=O) groups is 2. The second-order valence-corrected chi connectivity index (χ2v) is 12.2. The minimum Gasteiger partial charge on any atom is -0.341 e. The molecule has 0 aromatic heterocycles. The van der Waals surface area contributed by atoms with Crippen molar-refractivity contribution in [3.63, 3.8) is 0 Å². The first-order valence-electron chi connectivity index (χ1n) is 13.0. The van der Waals surface area contributed by atoms with Crippen LogP contribution in [0.3, 0.4) is 0 Å². The van der Waals surface area contributed by atoms with Gasteiger partial charge in [0.2, 0.25) is 11.8 Å². The van der Waals surface area contributed by atoms with Crippen molar-refractivity contribution in [2.24, 2.45) is 23.2 Å². The first-order valence-corrected chi connectivity index (χ1v) is 13.0. The third-order valence-electron chi connectivity index (χ3n) is 8.05. The van der Waals surface area contributed by atoms with Crippen LogP contribution < -0.4 is 0 Å². The molecule has 2 atom stereocenters. The number of likely N-dealkylation sites (N-methyl/N-ethyl adjacent to an activating group) is 1. The van der Waals surface area contributed by atoms with Crippen LogP contribution in [0.5, 0.6) is 0 Å². The molecule has 1 saturated carbocycles. The minimum atomic E-state index is -0.303. The van der Waals surface area contributed by atoms with Gasteiger partial charge in [0.05, 0.1) is 6.04 Å². The monoisotopic (exact) mass is 448 g/mol. The lowest BCUT2D eigenvalue weighted by Gasteiger charge is -2.53. The molecule has 0 bridgehead atoms. The fourth-order valence-electron chi connectivity index (χ4n) is 6.39. The molecule has 2 saturated heterocycles. The van der Waals surface area contributed by atoms with Crippen LogP contribution in [-0.2, 0) is 9.59 Å². The van der Waals surface area contributed by atoms with E-state index in [4.69, 9.17) is 0 Å². The lowest BCUT2D eigenvalue weighted by molar-refractivity contribution is -0.155. The van der Waals surface area contributed by atoms with Crippen molar-refractivity contribution >= 4 is 11.8 Å². The summed E-state index contributed by atoms with van der Waals surface area (Å²) in [7, 11) is 6.37. The van der Waals surface area contributed by atoms with E-state index in [1.807, 2.05) is 11.9 Å². The Labute approximate surface area is 196 Å². The van der Waals surface area contributed by atoms with E-state index in [0.717, 1.165) is 51.2 Å². The molecule has 0 unspecified atom stereocenters. The zero-order chi connectivity index (χ0) is 23.6. The van der Waals surface area contributed by atoms with E-state index in [-0.39, 0.29) is 23.9 Å². The third kappa shape index (κ3) is 5.85. The Hall–Kier alpha value is -1.14. The molecular weight excluding hydrogens is 400 g/mol. The highest BCUT2D eigenvalue weighted by Gasteiger charge is 2.47. The van der Waals surface area contributed by atoms with Gasteiger partial charge in [-0.25, -0.2) is 0 Å². The Bertz CT molecular complexity index is 646. The molecule has 6 heteroatoms.